The van der Waals surface area contributed by atoms with Crippen LogP contribution < -0.4 is 10.8 Å². The summed E-state index contributed by atoms with van der Waals surface area (Å²) in [6.07, 6.45) is 51.5. The fraction of sp³-hybridized carbons (Fsp3) is 0.918. The third-order valence-corrected chi connectivity index (χ3v) is 11.5. The van der Waals surface area contributed by atoms with Crippen LogP contribution in [0.25, 0.3) is 0 Å². The normalized spacial score (nSPS) is 11.2. The third kappa shape index (κ3) is 52.0. The molecule has 0 aromatic carbocycles. The molecule has 0 rings (SSSR count). The number of nitrogens with one attached hydrogen (secondary N) is 2. The number of hydrogen-bond donors (Lipinski definition) is 5. The largest absolute Gasteiger partial charge is 0.483 e. The first kappa shape index (κ1) is 60.3. The second-order valence-corrected chi connectivity index (χ2v) is 17.0. The Morgan fingerprint density at radius 1 is 0.466 bits per heavy atom. The van der Waals surface area contributed by atoms with E-state index >= 15 is 0 Å². The Balaban J connectivity index is -0.00000471. The summed E-state index contributed by atoms with van der Waals surface area (Å²) < 4.78 is 0. The second kappa shape index (κ2) is 55.0. The molecule has 58 heavy (non-hydrogen) atoms. The molecule has 9 heteroatoms. The van der Waals surface area contributed by atoms with Gasteiger partial charge >= 0.3 is 0 Å². The van der Waals surface area contributed by atoms with Crippen molar-refractivity contribution in [3.8, 4) is 0 Å². The molecule has 0 aromatic rings. The summed E-state index contributed by atoms with van der Waals surface area (Å²) >= 11 is 0. The summed E-state index contributed by atoms with van der Waals surface area (Å²) in [6.45, 7) is 11.1. The van der Waals surface area contributed by atoms with Gasteiger partial charge in [-0.1, -0.05) is 226 Å². The van der Waals surface area contributed by atoms with Gasteiger partial charge in [0, 0.05) is 20.6 Å². The molecule has 0 fully saturated rings. The van der Waals surface area contributed by atoms with Crippen molar-refractivity contribution in [2.24, 2.45) is 5.92 Å². The molecule has 9 nitrogen and oxygen atoms in total. The van der Waals surface area contributed by atoms with Crippen molar-refractivity contribution in [3.05, 3.63) is 12.0 Å². The number of hydrogen-bond acceptors (Lipinski definition) is 7. The highest BCUT2D eigenvalue weighted by molar-refractivity contribution is 5.33. The van der Waals surface area contributed by atoms with Crippen molar-refractivity contribution < 1.29 is 25.0 Å². The first-order valence-electron chi connectivity index (χ1n) is 24.8. The van der Waals surface area contributed by atoms with Crippen LogP contribution in [0.4, 0.5) is 0 Å². The molecule has 0 saturated carbocycles. The zero-order valence-corrected chi connectivity index (χ0v) is 39.4. The molecule has 0 bridgehead atoms. The summed E-state index contributed by atoms with van der Waals surface area (Å²) in [5.74, 6) is 1.91. The van der Waals surface area contributed by atoms with Crippen molar-refractivity contribution in [2.75, 3.05) is 40.3 Å². The van der Waals surface area contributed by atoms with Gasteiger partial charge in [0.05, 0.1) is 6.20 Å². The van der Waals surface area contributed by atoms with Gasteiger partial charge in [-0.2, -0.15) is 0 Å². The Kier molecular flexibility index (Phi) is 57.2. The Labute approximate surface area is 361 Å². The molecule has 0 radical (unpaired) electrons. The molecule has 0 aliphatic carbocycles. The molecule has 0 heterocycles. The van der Waals surface area contributed by atoms with Crippen LogP contribution in [0.2, 0.25) is 0 Å². The van der Waals surface area contributed by atoms with E-state index in [0.717, 1.165) is 31.2 Å². The lowest BCUT2D eigenvalue weighted by molar-refractivity contribution is -0.123. The van der Waals surface area contributed by atoms with Gasteiger partial charge in [-0.15, -0.1) is 0 Å². The molecular formula is C49H102N4O5. The number of carbonyl (C=O) groups is 2. The van der Waals surface area contributed by atoms with Crippen LogP contribution in [0.15, 0.2) is 12.0 Å². The summed E-state index contributed by atoms with van der Waals surface area (Å²) in [4.78, 5) is 21.5. The predicted molar refractivity (Wildman–Crippen MR) is 251 cm³/mol. The SMILES string of the molecule is CCCCCCCCCCCCCCCCN(CCCCCCCC(CCCCCCCC)CCCCCCCC)CCCN/C(=C/NO)N(C)C.O=CO.O=CO. The predicted octanol–water partition coefficient (Wildman–Crippen LogP) is 13.9. The van der Waals surface area contributed by atoms with E-state index in [4.69, 9.17) is 25.0 Å². The Morgan fingerprint density at radius 2 is 0.741 bits per heavy atom. The maximum Gasteiger partial charge on any atom is 0.290 e. The molecule has 0 atom stereocenters. The van der Waals surface area contributed by atoms with E-state index in [2.05, 4.69) is 36.5 Å². The van der Waals surface area contributed by atoms with Gasteiger partial charge in [-0.05, 0) is 44.8 Å². The standard InChI is InChI=1S/C47H98N4O.2CH2O2/c1-6-9-12-15-18-19-20-21-22-23-24-25-30-35-42-51(44-37-41-48-47(45-49-52)50(4)5)43-36-31-26-29-34-40-46(38-32-27-16-13-10-7-2)39-33-28-17-14-11-8-3;2*2-1-3/h45-46,48-49,52H,6-44H2,1-5H3;2*1H,(H,2,3)/b47-45-;;. The minimum absolute atomic E-state index is 0.250. The van der Waals surface area contributed by atoms with Crippen LogP contribution in [0.1, 0.15) is 245 Å². The van der Waals surface area contributed by atoms with Gasteiger partial charge in [-0.25, -0.2) is 0 Å². The van der Waals surface area contributed by atoms with Crippen LogP contribution in [-0.2, 0) is 9.59 Å². The van der Waals surface area contributed by atoms with Gasteiger partial charge in [0.25, 0.3) is 12.9 Å². The van der Waals surface area contributed by atoms with Crippen LogP contribution >= 0.6 is 0 Å². The smallest absolute Gasteiger partial charge is 0.290 e. The highest BCUT2D eigenvalue weighted by atomic mass is 16.5. The maximum atomic E-state index is 9.12. The average molecular weight is 827 g/mol. The zero-order chi connectivity index (χ0) is 43.4. The van der Waals surface area contributed by atoms with Crippen molar-refractivity contribution in [2.45, 2.75) is 245 Å². The average Bonchev–Trinajstić information content (AvgIpc) is 3.21. The number of carboxylic acid groups (broad SMARTS) is 2. The van der Waals surface area contributed by atoms with Crippen molar-refractivity contribution in [1.82, 2.24) is 20.6 Å². The highest BCUT2D eigenvalue weighted by Gasteiger charge is 2.10. The van der Waals surface area contributed by atoms with Gasteiger partial charge in [0.2, 0.25) is 0 Å². The van der Waals surface area contributed by atoms with E-state index in [9.17, 15) is 0 Å². The number of unbranched alkanes of at least 4 members (excludes halogenated alkanes) is 27. The molecule has 348 valence electrons. The Bertz CT molecular complexity index is 779. The lowest BCUT2D eigenvalue weighted by atomic mass is 9.89. The fourth-order valence-electron chi connectivity index (χ4n) is 7.94. The van der Waals surface area contributed by atoms with Gasteiger partial charge in [0.15, 0.2) is 0 Å². The van der Waals surface area contributed by atoms with Crippen molar-refractivity contribution in [1.29, 1.82) is 0 Å². The highest BCUT2D eigenvalue weighted by Crippen LogP contribution is 2.25. The van der Waals surface area contributed by atoms with Crippen LogP contribution in [0.3, 0.4) is 0 Å². The van der Waals surface area contributed by atoms with E-state index in [1.807, 2.05) is 19.0 Å². The number of rotatable bonds is 44. The molecule has 0 aliphatic rings. The summed E-state index contributed by atoms with van der Waals surface area (Å²) in [6, 6.07) is 0. The second-order valence-electron chi connectivity index (χ2n) is 17.0. The minimum atomic E-state index is -0.250. The quantitative estimate of drug-likeness (QED) is 0.0232. The maximum absolute atomic E-state index is 9.12. The van der Waals surface area contributed by atoms with Crippen LogP contribution in [-0.4, -0.2) is 78.4 Å². The first-order valence-corrected chi connectivity index (χ1v) is 24.8. The Morgan fingerprint density at radius 3 is 1.03 bits per heavy atom. The van der Waals surface area contributed by atoms with E-state index in [0.29, 0.717) is 0 Å². The fourth-order valence-corrected chi connectivity index (χ4v) is 7.94. The Hall–Kier alpha value is -2.00. The lowest BCUT2D eigenvalue weighted by Gasteiger charge is -2.24. The van der Waals surface area contributed by atoms with Crippen molar-refractivity contribution >= 4 is 12.9 Å². The summed E-state index contributed by atoms with van der Waals surface area (Å²) in [7, 11) is 4.01. The monoisotopic (exact) mass is 827 g/mol. The van der Waals surface area contributed by atoms with Crippen LogP contribution in [0, 0.1) is 5.92 Å². The topological polar surface area (TPSA) is 125 Å². The van der Waals surface area contributed by atoms with Crippen LogP contribution in [0.5, 0.6) is 0 Å². The molecule has 0 aromatic heterocycles. The lowest BCUT2D eigenvalue weighted by Crippen LogP contribution is -2.32. The minimum Gasteiger partial charge on any atom is -0.483 e. The van der Waals surface area contributed by atoms with E-state index in [1.54, 1.807) is 6.20 Å². The molecule has 0 aliphatic heterocycles. The summed E-state index contributed by atoms with van der Waals surface area (Å²) in [5, 5.41) is 26.4. The molecule has 0 saturated heterocycles. The molecule has 0 spiro atoms. The van der Waals surface area contributed by atoms with Gasteiger partial charge in [0.1, 0.15) is 5.82 Å². The molecule has 0 amide bonds. The number of nitrogens with zero attached hydrogens (tertiary/aromatic N) is 2. The van der Waals surface area contributed by atoms with E-state index < -0.39 is 0 Å². The third-order valence-electron chi connectivity index (χ3n) is 11.5. The zero-order valence-electron chi connectivity index (χ0n) is 39.4. The first-order chi connectivity index (χ1) is 28.4. The van der Waals surface area contributed by atoms with Gasteiger partial charge < -0.3 is 25.3 Å². The van der Waals surface area contributed by atoms with Crippen molar-refractivity contribution in [3.63, 3.8) is 0 Å². The molecule has 5 N–H and O–H groups in total. The molecule has 0 unspecified atom stereocenters. The number of hydroxylamine groups is 1. The van der Waals surface area contributed by atoms with Gasteiger partial charge in [-0.3, -0.25) is 20.3 Å². The van der Waals surface area contributed by atoms with E-state index in [-0.39, 0.29) is 12.9 Å². The summed E-state index contributed by atoms with van der Waals surface area (Å²) in [5.41, 5.74) is 2.18. The molecular weight excluding hydrogens is 725 g/mol. The van der Waals surface area contributed by atoms with E-state index in [1.165, 1.54) is 231 Å².